The van der Waals surface area contributed by atoms with E-state index in [2.05, 4.69) is 95.1 Å². The molecule has 6 aromatic rings. The van der Waals surface area contributed by atoms with Crippen LogP contribution in [0.25, 0.3) is 55.1 Å². The molecule has 0 atom stereocenters. The fraction of sp³-hybridized carbons (Fsp3) is 0.290. The summed E-state index contributed by atoms with van der Waals surface area (Å²) in [5.74, 6) is 1.54. The van der Waals surface area contributed by atoms with Crippen molar-refractivity contribution in [1.29, 1.82) is 0 Å². The fourth-order valence-electron chi connectivity index (χ4n) is 5.25. The Morgan fingerprint density at radius 2 is 1.60 bits per heavy atom. The third kappa shape index (κ3) is 3.43. The average molecular weight is 463 g/mol. The zero-order chi connectivity index (χ0) is 24.5. The molecule has 0 unspecified atom stereocenters. The molecule has 6 rings (SSSR count). The molecule has 35 heavy (non-hydrogen) atoms. The van der Waals surface area contributed by atoms with E-state index in [1.807, 2.05) is 0 Å². The SMILES string of the molecule is Cc1c(CC(C)C)oc2c1ccc1c2oc2ncnc(-c3cc(C(C)(C)C)c4ccccc4c3)c21. The van der Waals surface area contributed by atoms with Crippen molar-refractivity contribution in [2.75, 3.05) is 0 Å². The number of nitrogens with zero attached hydrogens (tertiary/aromatic N) is 2. The summed E-state index contributed by atoms with van der Waals surface area (Å²) in [6.45, 7) is 13.3. The summed E-state index contributed by atoms with van der Waals surface area (Å²) in [7, 11) is 0. The van der Waals surface area contributed by atoms with Crippen LogP contribution in [0.4, 0.5) is 0 Å². The molecule has 0 saturated carbocycles. The van der Waals surface area contributed by atoms with Crippen LogP contribution in [0.1, 0.15) is 51.5 Å². The maximum absolute atomic E-state index is 6.38. The standard InChI is InChI=1S/C31H30N2O2/c1-17(2)13-25-18(3)21-11-12-23-26-27(32-16-33-30(26)35-29(23)28(21)34-25)20-14-19-9-7-8-10-22(19)24(15-20)31(4,5)6/h7-12,14-17H,13H2,1-6H3. The first-order valence-corrected chi connectivity index (χ1v) is 12.3. The molecular weight excluding hydrogens is 432 g/mol. The van der Waals surface area contributed by atoms with Gasteiger partial charge in [-0.2, -0.15) is 0 Å². The summed E-state index contributed by atoms with van der Waals surface area (Å²) < 4.78 is 12.7. The molecule has 3 aromatic heterocycles. The number of aromatic nitrogens is 2. The predicted octanol–water partition coefficient (Wildman–Crippen LogP) is 8.75. The molecule has 176 valence electrons. The van der Waals surface area contributed by atoms with Gasteiger partial charge in [-0.1, -0.05) is 58.9 Å². The fourth-order valence-corrected chi connectivity index (χ4v) is 5.25. The highest BCUT2D eigenvalue weighted by Gasteiger charge is 2.23. The van der Waals surface area contributed by atoms with E-state index in [1.54, 1.807) is 6.33 Å². The third-order valence-corrected chi connectivity index (χ3v) is 6.98. The number of aryl methyl sites for hydroxylation is 1. The minimum Gasteiger partial charge on any atom is -0.457 e. The molecule has 0 bridgehead atoms. The average Bonchev–Trinajstić information content (AvgIpc) is 3.35. The molecule has 0 amide bonds. The summed E-state index contributed by atoms with van der Waals surface area (Å²) in [4.78, 5) is 9.27. The van der Waals surface area contributed by atoms with Crippen LogP contribution >= 0.6 is 0 Å². The van der Waals surface area contributed by atoms with Crippen LogP contribution < -0.4 is 0 Å². The van der Waals surface area contributed by atoms with Gasteiger partial charge in [-0.05, 0) is 64.4 Å². The van der Waals surface area contributed by atoms with Crippen molar-refractivity contribution >= 4 is 43.8 Å². The number of rotatable bonds is 3. The number of fused-ring (bicyclic) bond motifs is 6. The van der Waals surface area contributed by atoms with Gasteiger partial charge < -0.3 is 8.83 Å². The Balaban J connectivity index is 1.66. The molecule has 0 fully saturated rings. The van der Waals surface area contributed by atoms with E-state index in [9.17, 15) is 0 Å². The van der Waals surface area contributed by atoms with Gasteiger partial charge in [0.1, 0.15) is 12.1 Å². The second kappa shape index (κ2) is 7.67. The number of hydrogen-bond donors (Lipinski definition) is 0. The number of hydrogen-bond acceptors (Lipinski definition) is 4. The highest BCUT2D eigenvalue weighted by atomic mass is 16.4. The van der Waals surface area contributed by atoms with Crippen molar-refractivity contribution in [3.8, 4) is 11.3 Å². The van der Waals surface area contributed by atoms with Crippen LogP contribution in [0.2, 0.25) is 0 Å². The zero-order valence-corrected chi connectivity index (χ0v) is 21.2. The van der Waals surface area contributed by atoms with Gasteiger partial charge in [-0.25, -0.2) is 9.97 Å². The van der Waals surface area contributed by atoms with Crippen molar-refractivity contribution < 1.29 is 8.83 Å². The number of furan rings is 2. The predicted molar refractivity (Wildman–Crippen MR) is 144 cm³/mol. The summed E-state index contributed by atoms with van der Waals surface area (Å²) in [5.41, 5.74) is 6.56. The van der Waals surface area contributed by atoms with E-state index in [1.165, 1.54) is 21.9 Å². The Morgan fingerprint density at radius 3 is 2.37 bits per heavy atom. The molecule has 4 nitrogen and oxygen atoms in total. The van der Waals surface area contributed by atoms with Crippen molar-refractivity contribution in [3.05, 3.63) is 71.7 Å². The Labute approximate surface area is 205 Å². The number of benzene rings is 3. The monoisotopic (exact) mass is 462 g/mol. The maximum Gasteiger partial charge on any atom is 0.231 e. The van der Waals surface area contributed by atoms with Crippen LogP contribution in [0, 0.1) is 12.8 Å². The first-order chi connectivity index (χ1) is 16.7. The lowest BCUT2D eigenvalue weighted by Crippen LogP contribution is -2.12. The first kappa shape index (κ1) is 21.8. The smallest absolute Gasteiger partial charge is 0.231 e. The minimum atomic E-state index is -0.00903. The summed E-state index contributed by atoms with van der Waals surface area (Å²) in [6.07, 6.45) is 2.50. The molecule has 3 aromatic carbocycles. The lowest BCUT2D eigenvalue weighted by atomic mass is 9.82. The maximum atomic E-state index is 6.38. The molecule has 0 radical (unpaired) electrons. The van der Waals surface area contributed by atoms with Crippen LogP contribution in [-0.2, 0) is 11.8 Å². The molecular formula is C31H30N2O2. The van der Waals surface area contributed by atoms with Crippen LogP contribution in [0.3, 0.4) is 0 Å². The van der Waals surface area contributed by atoms with Crippen molar-refractivity contribution in [3.63, 3.8) is 0 Å². The van der Waals surface area contributed by atoms with Crippen molar-refractivity contribution in [2.45, 2.75) is 53.4 Å². The summed E-state index contributed by atoms with van der Waals surface area (Å²) >= 11 is 0. The van der Waals surface area contributed by atoms with E-state index in [-0.39, 0.29) is 5.41 Å². The highest BCUT2D eigenvalue weighted by molar-refractivity contribution is 6.17. The Morgan fingerprint density at radius 1 is 0.857 bits per heavy atom. The van der Waals surface area contributed by atoms with E-state index in [0.717, 1.165) is 50.8 Å². The van der Waals surface area contributed by atoms with Gasteiger partial charge in [0.2, 0.25) is 5.71 Å². The second-order valence-corrected chi connectivity index (χ2v) is 11.1. The Hall–Kier alpha value is -3.66. The van der Waals surface area contributed by atoms with Gasteiger partial charge in [0.15, 0.2) is 11.2 Å². The van der Waals surface area contributed by atoms with E-state index < -0.39 is 0 Å². The normalized spacial score (nSPS) is 12.7. The highest BCUT2D eigenvalue weighted by Crippen LogP contribution is 2.41. The summed E-state index contributed by atoms with van der Waals surface area (Å²) in [6, 6.07) is 17.3. The van der Waals surface area contributed by atoms with Gasteiger partial charge in [0.05, 0.1) is 11.1 Å². The topological polar surface area (TPSA) is 52.1 Å². The first-order valence-electron chi connectivity index (χ1n) is 12.3. The van der Waals surface area contributed by atoms with Gasteiger partial charge in [-0.3, -0.25) is 0 Å². The molecule has 3 heterocycles. The molecule has 0 aliphatic rings. The molecule has 0 spiro atoms. The molecule has 0 saturated heterocycles. The lowest BCUT2D eigenvalue weighted by molar-refractivity contribution is 0.494. The van der Waals surface area contributed by atoms with Crippen LogP contribution in [0.5, 0.6) is 0 Å². The Kier molecular flexibility index (Phi) is 4.79. The minimum absolute atomic E-state index is 0.00903. The summed E-state index contributed by atoms with van der Waals surface area (Å²) in [5, 5.41) is 5.49. The largest absolute Gasteiger partial charge is 0.457 e. The van der Waals surface area contributed by atoms with Gasteiger partial charge >= 0.3 is 0 Å². The van der Waals surface area contributed by atoms with E-state index >= 15 is 0 Å². The molecule has 4 heteroatoms. The second-order valence-electron chi connectivity index (χ2n) is 11.1. The molecule has 0 N–H and O–H groups in total. The molecule has 0 aliphatic carbocycles. The van der Waals surface area contributed by atoms with E-state index in [0.29, 0.717) is 11.6 Å². The zero-order valence-electron chi connectivity index (χ0n) is 21.2. The van der Waals surface area contributed by atoms with Crippen molar-refractivity contribution in [1.82, 2.24) is 9.97 Å². The van der Waals surface area contributed by atoms with Crippen molar-refractivity contribution in [2.24, 2.45) is 5.92 Å². The van der Waals surface area contributed by atoms with Gasteiger partial charge in [0, 0.05) is 22.8 Å². The third-order valence-electron chi connectivity index (χ3n) is 6.98. The molecule has 0 aliphatic heterocycles. The quantitative estimate of drug-likeness (QED) is 0.264. The van der Waals surface area contributed by atoms with E-state index in [4.69, 9.17) is 13.8 Å². The van der Waals surface area contributed by atoms with Gasteiger partial charge in [-0.15, -0.1) is 0 Å². The Bertz CT molecular complexity index is 1750. The van der Waals surface area contributed by atoms with Crippen LogP contribution in [0.15, 0.2) is 63.7 Å². The van der Waals surface area contributed by atoms with Crippen LogP contribution in [-0.4, -0.2) is 9.97 Å². The van der Waals surface area contributed by atoms with Gasteiger partial charge in [0.25, 0.3) is 0 Å². The lowest BCUT2D eigenvalue weighted by Gasteiger charge is -2.22.